The van der Waals surface area contributed by atoms with Crippen LogP contribution in [0.25, 0.3) is 0 Å². The lowest BCUT2D eigenvalue weighted by atomic mass is 10.1. The molecule has 0 spiro atoms. The second-order valence-electron chi connectivity index (χ2n) is 7.48. The van der Waals surface area contributed by atoms with Gasteiger partial charge in [0.1, 0.15) is 29.5 Å². The number of thioether (sulfide) groups is 1. The number of ketones is 2. The van der Waals surface area contributed by atoms with Crippen molar-refractivity contribution in [3.63, 3.8) is 0 Å². The largest absolute Gasteiger partial charge is 0.476 e. The summed E-state index contributed by atoms with van der Waals surface area (Å²) in [6.45, 7) is 2.61. The molecule has 11 nitrogen and oxygen atoms in total. The van der Waals surface area contributed by atoms with E-state index in [0.717, 1.165) is 16.3 Å². The lowest BCUT2D eigenvalue weighted by Crippen LogP contribution is -2.34. The van der Waals surface area contributed by atoms with Crippen LogP contribution in [0, 0.1) is 0 Å². The Kier molecular flexibility index (Phi) is 11.7. The van der Waals surface area contributed by atoms with E-state index in [9.17, 15) is 28.4 Å². The van der Waals surface area contributed by atoms with Gasteiger partial charge in [0.2, 0.25) is 0 Å². The van der Waals surface area contributed by atoms with Gasteiger partial charge >= 0.3 is 13.5 Å². The zero-order chi connectivity index (χ0) is 26.3. The minimum absolute atomic E-state index is 0.0407. The number of aliphatic hydroxyl groups excluding tert-OH is 1. The van der Waals surface area contributed by atoms with Gasteiger partial charge in [-0.2, -0.15) is 30.2 Å². The van der Waals surface area contributed by atoms with Crippen LogP contribution in [0.5, 0.6) is 0 Å². The molecular formula is C19H29FN3O8PS3. The number of nitrogens with two attached hydrogens (primary N) is 1. The van der Waals surface area contributed by atoms with Crippen LogP contribution in [0.3, 0.4) is 0 Å². The van der Waals surface area contributed by atoms with E-state index in [4.69, 9.17) is 19.3 Å². The summed E-state index contributed by atoms with van der Waals surface area (Å²) >= 11 is 8.93. The molecule has 16 heteroatoms. The van der Waals surface area contributed by atoms with Crippen LogP contribution in [0.15, 0.2) is 17.1 Å². The summed E-state index contributed by atoms with van der Waals surface area (Å²) in [6.07, 6.45) is -4.65. The van der Waals surface area contributed by atoms with Crippen LogP contribution in [0.4, 0.5) is 10.2 Å². The molecule has 0 radical (unpaired) electrons. The Hall–Kier alpha value is -0.930. The number of hydrogen-bond acceptors (Lipinski definition) is 13. The lowest BCUT2D eigenvalue weighted by Gasteiger charge is -2.26. The maximum absolute atomic E-state index is 14.9. The van der Waals surface area contributed by atoms with Crippen molar-refractivity contribution in [1.82, 2.24) is 9.55 Å². The Balaban J connectivity index is 2.23. The molecule has 0 aliphatic carbocycles. The van der Waals surface area contributed by atoms with Gasteiger partial charge in [0.05, 0.1) is 11.9 Å². The van der Waals surface area contributed by atoms with Crippen molar-refractivity contribution >= 4 is 62.2 Å². The van der Waals surface area contributed by atoms with Gasteiger partial charge in [-0.15, -0.1) is 11.8 Å². The zero-order valence-corrected chi connectivity index (χ0v) is 22.6. The zero-order valence-electron chi connectivity index (χ0n) is 19.1. The molecule has 0 bridgehead atoms. The van der Waals surface area contributed by atoms with E-state index in [-0.39, 0.29) is 30.2 Å². The van der Waals surface area contributed by atoms with E-state index < -0.39 is 66.8 Å². The van der Waals surface area contributed by atoms with E-state index in [1.54, 1.807) is 13.8 Å². The second kappa shape index (κ2) is 13.6. The summed E-state index contributed by atoms with van der Waals surface area (Å²) in [7, 11) is -4.59. The molecular weight excluding hydrogens is 544 g/mol. The summed E-state index contributed by atoms with van der Waals surface area (Å²) in [5, 5.41) is 8.24. The van der Waals surface area contributed by atoms with Crippen LogP contribution in [0.1, 0.15) is 32.1 Å². The van der Waals surface area contributed by atoms with Crippen molar-refractivity contribution in [3.8, 4) is 0 Å². The lowest BCUT2D eigenvalue weighted by molar-refractivity contribution is -0.127. The summed E-state index contributed by atoms with van der Waals surface area (Å²) in [4.78, 5) is 40.0. The van der Waals surface area contributed by atoms with E-state index in [1.165, 1.54) is 12.3 Å². The number of aliphatic hydroxyl groups is 1. The quantitative estimate of drug-likeness (QED) is 0.190. The highest BCUT2D eigenvalue weighted by Crippen LogP contribution is 2.54. The summed E-state index contributed by atoms with van der Waals surface area (Å²) in [5.41, 5.74) is 4.66. The van der Waals surface area contributed by atoms with Crippen molar-refractivity contribution in [2.75, 3.05) is 23.8 Å². The molecule has 6 atom stereocenters. The van der Waals surface area contributed by atoms with Crippen molar-refractivity contribution in [1.29, 1.82) is 0 Å². The van der Waals surface area contributed by atoms with Crippen molar-refractivity contribution in [3.05, 3.63) is 22.7 Å². The van der Waals surface area contributed by atoms with Gasteiger partial charge in [-0.1, -0.05) is 13.8 Å². The number of Topliss-reactive ketones (excluding diaryl/α,β-unsaturated/α-hetero) is 2. The molecule has 198 valence electrons. The van der Waals surface area contributed by atoms with E-state index in [1.807, 2.05) is 0 Å². The van der Waals surface area contributed by atoms with Gasteiger partial charge in [0.15, 0.2) is 17.7 Å². The molecule has 0 unspecified atom stereocenters. The van der Waals surface area contributed by atoms with Gasteiger partial charge in [-0.05, 0) is 6.07 Å². The number of thiol groups is 2. The molecule has 1 aliphatic rings. The Morgan fingerprint density at radius 3 is 2.26 bits per heavy atom. The maximum atomic E-state index is 14.9. The average molecular weight is 574 g/mol. The fraction of sp³-hybridized carbons (Fsp3) is 0.684. The van der Waals surface area contributed by atoms with Gasteiger partial charge in [0, 0.05) is 30.5 Å². The molecule has 3 N–H and O–H groups in total. The van der Waals surface area contributed by atoms with E-state index >= 15 is 0 Å². The number of phosphoric acid groups is 1. The van der Waals surface area contributed by atoms with E-state index in [0.29, 0.717) is 0 Å². The molecule has 2 heterocycles. The average Bonchev–Trinajstić information content (AvgIpc) is 3.12. The summed E-state index contributed by atoms with van der Waals surface area (Å²) in [5.74, 6) is -1.17. The highest BCUT2D eigenvalue weighted by atomic mass is 32.2. The van der Waals surface area contributed by atoms with Crippen LogP contribution in [-0.4, -0.2) is 74.1 Å². The molecule has 1 aromatic rings. The molecule has 0 amide bonds. The molecule has 2 rings (SSSR count). The molecule has 1 fully saturated rings. The number of hydrogen-bond donors (Lipinski definition) is 4. The number of aromatic nitrogens is 2. The molecule has 0 aromatic carbocycles. The number of alkyl halides is 1. The van der Waals surface area contributed by atoms with Gasteiger partial charge in [-0.25, -0.2) is 13.8 Å². The predicted molar refractivity (Wildman–Crippen MR) is 136 cm³/mol. The standard InChI is InChI=1S/C19H29FN3O8PS3/c1-3-10(24)12(8-33)30-32(28,31-13(9-34)11(25)4-2)29-7-14-17(26)16(20)18(35-14)23-6-5-15(21)22-19(23)27/h5-6,12-14,16-18,26,33-34H,3-4,7-9H2,1-2H3,(H2,21,22,27)/t12-,13-,14-,16+,17-,18-/m1/s1. The topological polar surface area (TPSA) is 160 Å². The number of phosphoric ester groups is 1. The Labute approximate surface area is 217 Å². The number of carbonyl (C=O) groups is 2. The first-order valence-corrected chi connectivity index (χ1v) is 14.4. The minimum atomic E-state index is -4.59. The predicted octanol–water partition coefficient (Wildman–Crippen LogP) is 1.85. The first-order chi connectivity index (χ1) is 16.5. The van der Waals surface area contributed by atoms with Gasteiger partial charge in [-0.3, -0.25) is 27.7 Å². The first-order valence-electron chi connectivity index (χ1n) is 10.7. The van der Waals surface area contributed by atoms with Crippen molar-refractivity contribution < 1.29 is 37.2 Å². The highest BCUT2D eigenvalue weighted by Gasteiger charge is 2.47. The van der Waals surface area contributed by atoms with E-state index in [2.05, 4.69) is 30.2 Å². The number of rotatable bonds is 14. The number of halogens is 1. The van der Waals surface area contributed by atoms with Crippen LogP contribution in [-0.2, 0) is 27.7 Å². The molecule has 0 saturated carbocycles. The molecule has 1 aliphatic heterocycles. The minimum Gasteiger partial charge on any atom is -0.389 e. The van der Waals surface area contributed by atoms with Crippen LogP contribution < -0.4 is 11.4 Å². The van der Waals surface area contributed by atoms with Crippen molar-refractivity contribution in [2.24, 2.45) is 0 Å². The number of carbonyl (C=O) groups excluding carboxylic acids is 2. The third-order valence-corrected chi connectivity index (χ3v) is 8.76. The number of nitrogen functional groups attached to an aromatic ring is 1. The highest BCUT2D eigenvalue weighted by molar-refractivity contribution is 8.00. The molecule has 1 saturated heterocycles. The number of anilines is 1. The second-order valence-corrected chi connectivity index (χ2v) is 11.1. The normalized spacial score (nSPS) is 24.3. The Morgan fingerprint density at radius 2 is 1.80 bits per heavy atom. The fourth-order valence-electron chi connectivity index (χ4n) is 3.09. The maximum Gasteiger partial charge on any atom is 0.476 e. The third kappa shape index (κ3) is 7.78. The van der Waals surface area contributed by atoms with Gasteiger partial charge < -0.3 is 10.8 Å². The Morgan fingerprint density at radius 1 is 1.26 bits per heavy atom. The number of nitrogens with zero attached hydrogens (tertiary/aromatic N) is 2. The van der Waals surface area contributed by atoms with Gasteiger partial charge in [0.25, 0.3) is 0 Å². The monoisotopic (exact) mass is 573 g/mol. The summed E-state index contributed by atoms with van der Waals surface area (Å²) < 4.78 is 45.4. The third-order valence-electron chi connectivity index (χ3n) is 5.08. The first kappa shape index (κ1) is 30.3. The SMILES string of the molecule is CCC(=O)[C@@H](CS)OP(=O)(OC[C@H]1S[C@@H](n2ccc(N)nc2=O)[C@@H](F)[C@@H]1O)O[C@H](CS)C(=O)CC. The summed E-state index contributed by atoms with van der Waals surface area (Å²) in [6, 6.07) is 1.31. The molecule has 35 heavy (non-hydrogen) atoms. The smallest absolute Gasteiger partial charge is 0.389 e. The Bertz CT molecular complexity index is 972. The molecule has 1 aromatic heterocycles. The fourth-order valence-corrected chi connectivity index (χ4v) is 6.92. The van der Waals surface area contributed by atoms with Crippen LogP contribution >= 0.6 is 44.8 Å². The van der Waals surface area contributed by atoms with Crippen molar-refractivity contribution in [2.45, 2.75) is 61.8 Å². The van der Waals surface area contributed by atoms with Crippen LogP contribution in [0.2, 0.25) is 0 Å².